The Bertz CT molecular complexity index is 1180. The van der Waals surface area contributed by atoms with E-state index in [1.807, 2.05) is 48.5 Å². The van der Waals surface area contributed by atoms with Crippen molar-refractivity contribution in [1.29, 1.82) is 0 Å². The van der Waals surface area contributed by atoms with E-state index in [9.17, 15) is 18.3 Å². The second-order valence-electron chi connectivity index (χ2n) is 7.61. The number of sulfonamides is 1. The van der Waals surface area contributed by atoms with Crippen molar-refractivity contribution in [3.05, 3.63) is 81.9 Å². The maximum atomic E-state index is 12.6. The lowest BCUT2D eigenvalue weighted by atomic mass is 10.1. The summed E-state index contributed by atoms with van der Waals surface area (Å²) in [6, 6.07) is 20.7. The van der Waals surface area contributed by atoms with Crippen LogP contribution in [-0.4, -0.2) is 25.5 Å². The van der Waals surface area contributed by atoms with Crippen molar-refractivity contribution in [3.63, 3.8) is 0 Å². The molecule has 2 N–H and O–H groups in total. The highest BCUT2D eigenvalue weighted by atomic mass is 127. The molecule has 0 saturated heterocycles. The van der Waals surface area contributed by atoms with Crippen LogP contribution in [0.4, 0.5) is 0 Å². The van der Waals surface area contributed by atoms with Gasteiger partial charge in [-0.25, -0.2) is 8.42 Å². The van der Waals surface area contributed by atoms with E-state index in [-0.39, 0.29) is 10.8 Å². The van der Waals surface area contributed by atoms with E-state index in [1.165, 1.54) is 12.1 Å². The predicted molar refractivity (Wildman–Crippen MR) is 132 cm³/mol. The minimum absolute atomic E-state index is 0.0190. The van der Waals surface area contributed by atoms with Gasteiger partial charge in [0.1, 0.15) is 18.4 Å². The standard InChI is InChI=1S/C24H24INO5S/c1-16(2)23(24(27)28)26-32(29,30)21-13-9-18(10-14-21)17-7-11-20(12-8-17)31-15-19-5-3-4-6-22(19)25/h3-14,16,23,26H,15H2,1-2H3,(H,27,28)/t23-/m1/s1. The van der Waals surface area contributed by atoms with Crippen LogP contribution in [0.25, 0.3) is 11.1 Å². The maximum Gasteiger partial charge on any atom is 0.322 e. The van der Waals surface area contributed by atoms with Gasteiger partial charge in [-0.15, -0.1) is 0 Å². The molecule has 0 unspecified atom stereocenters. The number of nitrogens with one attached hydrogen (secondary N) is 1. The Kier molecular flexibility index (Phi) is 7.91. The van der Waals surface area contributed by atoms with E-state index in [2.05, 4.69) is 27.3 Å². The first-order valence-corrected chi connectivity index (χ1v) is 12.6. The van der Waals surface area contributed by atoms with Crippen LogP contribution in [0, 0.1) is 9.49 Å². The van der Waals surface area contributed by atoms with E-state index in [4.69, 9.17) is 4.74 Å². The zero-order chi connectivity index (χ0) is 23.3. The van der Waals surface area contributed by atoms with Gasteiger partial charge >= 0.3 is 5.97 Å². The number of halogens is 1. The summed E-state index contributed by atoms with van der Waals surface area (Å²) in [5.41, 5.74) is 2.87. The molecule has 0 aliphatic heterocycles. The topological polar surface area (TPSA) is 92.7 Å². The number of carboxylic acids is 1. The summed E-state index contributed by atoms with van der Waals surface area (Å²) < 4.78 is 34.4. The van der Waals surface area contributed by atoms with Crippen molar-refractivity contribution in [3.8, 4) is 16.9 Å². The van der Waals surface area contributed by atoms with Crippen LogP contribution in [0.3, 0.4) is 0 Å². The number of benzene rings is 3. The van der Waals surface area contributed by atoms with Crippen LogP contribution >= 0.6 is 22.6 Å². The predicted octanol–water partition coefficient (Wildman–Crippen LogP) is 4.92. The number of hydrogen-bond donors (Lipinski definition) is 2. The molecule has 0 aromatic heterocycles. The van der Waals surface area contributed by atoms with Gasteiger partial charge in [-0.2, -0.15) is 4.72 Å². The van der Waals surface area contributed by atoms with Crippen LogP contribution < -0.4 is 9.46 Å². The van der Waals surface area contributed by atoms with E-state index in [0.29, 0.717) is 6.61 Å². The van der Waals surface area contributed by atoms with E-state index in [1.54, 1.807) is 26.0 Å². The summed E-state index contributed by atoms with van der Waals surface area (Å²) in [6.07, 6.45) is 0. The fourth-order valence-electron chi connectivity index (χ4n) is 3.05. The summed E-state index contributed by atoms with van der Waals surface area (Å²) in [4.78, 5) is 11.3. The molecule has 0 fully saturated rings. The SMILES string of the molecule is CC(C)[C@@H](NS(=O)(=O)c1ccc(-c2ccc(OCc3ccccc3I)cc2)cc1)C(=O)O. The number of carboxylic acid groups (broad SMARTS) is 1. The van der Waals surface area contributed by atoms with Gasteiger partial charge in [-0.1, -0.05) is 56.3 Å². The molecule has 0 bridgehead atoms. The highest BCUT2D eigenvalue weighted by Gasteiger charge is 2.27. The van der Waals surface area contributed by atoms with E-state index in [0.717, 1.165) is 26.0 Å². The fraction of sp³-hybridized carbons (Fsp3) is 0.208. The average Bonchev–Trinajstić information content (AvgIpc) is 2.77. The van der Waals surface area contributed by atoms with E-state index < -0.39 is 22.0 Å². The van der Waals surface area contributed by atoms with Crippen LogP contribution in [0.2, 0.25) is 0 Å². The lowest BCUT2D eigenvalue weighted by molar-refractivity contribution is -0.140. The average molecular weight is 565 g/mol. The molecule has 0 radical (unpaired) electrons. The quantitative estimate of drug-likeness (QED) is 0.360. The molecule has 0 aliphatic rings. The van der Waals surface area contributed by atoms with Gasteiger partial charge in [0, 0.05) is 9.13 Å². The molecular weight excluding hydrogens is 541 g/mol. The Balaban J connectivity index is 1.69. The van der Waals surface area contributed by atoms with Crippen LogP contribution in [0.5, 0.6) is 5.75 Å². The first kappa shape index (κ1) is 24.2. The normalized spacial score (nSPS) is 12.5. The summed E-state index contributed by atoms with van der Waals surface area (Å²) in [6.45, 7) is 3.78. The molecule has 0 spiro atoms. The molecule has 3 rings (SSSR count). The van der Waals surface area contributed by atoms with Gasteiger partial charge in [0.05, 0.1) is 4.90 Å². The van der Waals surface area contributed by atoms with Crippen LogP contribution in [0.1, 0.15) is 19.4 Å². The first-order chi connectivity index (χ1) is 15.2. The Labute approximate surface area is 201 Å². The van der Waals surface area contributed by atoms with Crippen molar-refractivity contribution in [2.75, 3.05) is 0 Å². The van der Waals surface area contributed by atoms with Crippen molar-refractivity contribution in [1.82, 2.24) is 4.72 Å². The summed E-state index contributed by atoms with van der Waals surface area (Å²) >= 11 is 2.28. The van der Waals surface area contributed by atoms with Gasteiger partial charge in [-0.05, 0) is 70.0 Å². The molecule has 168 valence electrons. The number of hydrogen-bond acceptors (Lipinski definition) is 4. The second kappa shape index (κ2) is 10.5. The minimum atomic E-state index is -3.94. The van der Waals surface area contributed by atoms with Gasteiger partial charge < -0.3 is 9.84 Å². The lowest BCUT2D eigenvalue weighted by Crippen LogP contribution is -2.44. The summed E-state index contributed by atoms with van der Waals surface area (Å²) in [5.74, 6) is -0.845. The van der Waals surface area contributed by atoms with Crippen molar-refractivity contribution in [2.45, 2.75) is 31.4 Å². The van der Waals surface area contributed by atoms with Crippen molar-refractivity contribution < 1.29 is 23.1 Å². The first-order valence-electron chi connectivity index (χ1n) is 9.99. The van der Waals surface area contributed by atoms with Crippen molar-refractivity contribution >= 4 is 38.6 Å². The lowest BCUT2D eigenvalue weighted by Gasteiger charge is -2.18. The van der Waals surface area contributed by atoms with E-state index >= 15 is 0 Å². The molecule has 0 amide bonds. The monoisotopic (exact) mass is 565 g/mol. The number of aliphatic carboxylic acids is 1. The smallest absolute Gasteiger partial charge is 0.322 e. The Morgan fingerprint density at radius 1 is 0.969 bits per heavy atom. The molecule has 1 atom stereocenters. The third-order valence-corrected chi connectivity index (χ3v) is 7.43. The Morgan fingerprint density at radius 2 is 1.53 bits per heavy atom. The largest absolute Gasteiger partial charge is 0.489 e. The molecule has 0 aliphatic carbocycles. The third-order valence-electron chi connectivity index (χ3n) is 4.92. The Morgan fingerprint density at radius 3 is 2.06 bits per heavy atom. The molecule has 0 saturated carbocycles. The fourth-order valence-corrected chi connectivity index (χ4v) is 4.93. The molecule has 8 heteroatoms. The van der Waals surface area contributed by atoms with Gasteiger partial charge in [0.15, 0.2) is 0 Å². The van der Waals surface area contributed by atoms with Gasteiger partial charge in [-0.3, -0.25) is 4.79 Å². The highest BCUT2D eigenvalue weighted by Crippen LogP contribution is 2.25. The zero-order valence-electron chi connectivity index (χ0n) is 17.7. The molecule has 3 aromatic carbocycles. The molecule has 3 aromatic rings. The summed E-state index contributed by atoms with van der Waals surface area (Å²) in [5, 5.41) is 9.25. The highest BCUT2D eigenvalue weighted by molar-refractivity contribution is 14.1. The molecule has 0 heterocycles. The number of carbonyl (C=O) groups is 1. The summed E-state index contributed by atoms with van der Waals surface area (Å²) in [7, 11) is -3.94. The Hall–Kier alpha value is -2.43. The van der Waals surface area contributed by atoms with Gasteiger partial charge in [0.2, 0.25) is 10.0 Å². The van der Waals surface area contributed by atoms with Gasteiger partial charge in [0.25, 0.3) is 0 Å². The minimum Gasteiger partial charge on any atom is -0.489 e. The zero-order valence-corrected chi connectivity index (χ0v) is 20.6. The third kappa shape index (κ3) is 6.08. The molecular formula is C24H24INO5S. The number of ether oxygens (including phenoxy) is 1. The molecule has 6 nitrogen and oxygen atoms in total. The van der Waals surface area contributed by atoms with Crippen LogP contribution in [0.15, 0.2) is 77.7 Å². The maximum absolute atomic E-state index is 12.6. The second-order valence-corrected chi connectivity index (χ2v) is 10.5. The number of rotatable bonds is 9. The van der Waals surface area contributed by atoms with Crippen molar-refractivity contribution in [2.24, 2.45) is 5.92 Å². The van der Waals surface area contributed by atoms with Crippen LogP contribution in [-0.2, 0) is 21.4 Å². The molecule has 32 heavy (non-hydrogen) atoms.